The van der Waals surface area contributed by atoms with E-state index in [9.17, 15) is 9.59 Å². The van der Waals surface area contributed by atoms with Crippen molar-refractivity contribution in [1.29, 1.82) is 0 Å². The monoisotopic (exact) mass is 188 g/mol. The van der Waals surface area contributed by atoms with Gasteiger partial charge in [0.05, 0.1) is 13.2 Å². The Morgan fingerprint density at radius 3 is 1.77 bits per heavy atom. The highest BCUT2D eigenvalue weighted by molar-refractivity contribution is 5.73. The molecule has 1 saturated heterocycles. The van der Waals surface area contributed by atoms with E-state index in [0.29, 0.717) is 26.1 Å². The van der Waals surface area contributed by atoms with Gasteiger partial charge in [0.1, 0.15) is 13.2 Å². The summed E-state index contributed by atoms with van der Waals surface area (Å²) in [5.41, 5.74) is 0. The largest absolute Gasteiger partial charge is 0.464 e. The van der Waals surface area contributed by atoms with Crippen molar-refractivity contribution in [2.75, 3.05) is 26.4 Å². The summed E-state index contributed by atoms with van der Waals surface area (Å²) in [6.07, 6.45) is 1.41. The Bertz CT molecular complexity index is 169. The molecule has 74 valence electrons. The second-order valence-corrected chi connectivity index (χ2v) is 2.64. The van der Waals surface area contributed by atoms with Crippen LogP contribution in [0.3, 0.4) is 0 Å². The lowest BCUT2D eigenvalue weighted by molar-refractivity contribution is -0.154. The van der Waals surface area contributed by atoms with Gasteiger partial charge in [-0.1, -0.05) is 0 Å². The minimum Gasteiger partial charge on any atom is -0.464 e. The summed E-state index contributed by atoms with van der Waals surface area (Å²) in [4.78, 5) is 21.6. The number of carbonyl (C=O) groups excluding carboxylic acids is 2. The van der Waals surface area contributed by atoms with Crippen LogP contribution in [0.15, 0.2) is 0 Å². The Kier molecular flexibility index (Phi) is 4.25. The Hall–Kier alpha value is -1.10. The Balaban J connectivity index is 2.31. The zero-order valence-electron chi connectivity index (χ0n) is 7.28. The minimum atomic E-state index is -0.435. The topological polar surface area (TPSA) is 61.8 Å². The zero-order valence-corrected chi connectivity index (χ0v) is 7.28. The number of hydrogen-bond acceptors (Lipinski definition) is 5. The number of hydrogen-bond donors (Lipinski definition) is 0. The fourth-order valence-corrected chi connectivity index (χ4v) is 0.877. The molecule has 13 heavy (non-hydrogen) atoms. The van der Waals surface area contributed by atoms with Crippen molar-refractivity contribution in [3.8, 4) is 0 Å². The van der Waals surface area contributed by atoms with Crippen molar-refractivity contribution in [1.82, 2.24) is 0 Å². The van der Waals surface area contributed by atoms with E-state index in [-0.39, 0.29) is 13.2 Å². The average Bonchev–Trinajstić information content (AvgIpc) is 2.13. The first-order valence-electron chi connectivity index (χ1n) is 4.18. The molecule has 0 aromatic heterocycles. The first kappa shape index (κ1) is 9.98. The van der Waals surface area contributed by atoms with Crippen LogP contribution in [0.5, 0.6) is 0 Å². The van der Waals surface area contributed by atoms with Crippen LogP contribution < -0.4 is 0 Å². The highest BCUT2D eigenvalue weighted by Crippen LogP contribution is 1.95. The molecule has 0 atom stereocenters. The maximum absolute atomic E-state index is 10.8. The fourth-order valence-electron chi connectivity index (χ4n) is 0.877. The van der Waals surface area contributed by atoms with Crippen molar-refractivity contribution in [3.05, 3.63) is 0 Å². The van der Waals surface area contributed by atoms with E-state index in [4.69, 9.17) is 14.2 Å². The van der Waals surface area contributed by atoms with Crippen molar-refractivity contribution in [3.63, 3.8) is 0 Å². The third kappa shape index (κ3) is 4.47. The molecule has 0 unspecified atom stereocenters. The molecule has 0 radical (unpaired) electrons. The Morgan fingerprint density at radius 2 is 1.31 bits per heavy atom. The predicted molar refractivity (Wildman–Crippen MR) is 42.0 cm³/mol. The van der Waals surface area contributed by atoms with E-state index < -0.39 is 11.9 Å². The highest BCUT2D eigenvalue weighted by Gasteiger charge is 2.08. The number of ether oxygens (including phenoxy) is 3. The minimum absolute atomic E-state index is 0.185. The van der Waals surface area contributed by atoms with Crippen LogP contribution >= 0.6 is 0 Å². The van der Waals surface area contributed by atoms with Gasteiger partial charge in [0.25, 0.3) is 0 Å². The molecular formula is C8H12O5. The Labute approximate surface area is 76.0 Å². The molecule has 5 nitrogen and oxygen atoms in total. The van der Waals surface area contributed by atoms with E-state index >= 15 is 0 Å². The van der Waals surface area contributed by atoms with E-state index in [2.05, 4.69) is 0 Å². The first-order chi connectivity index (χ1) is 6.29. The summed E-state index contributed by atoms with van der Waals surface area (Å²) in [6, 6.07) is 0. The molecule has 1 aliphatic rings. The number of carbonyl (C=O) groups is 2. The maximum atomic E-state index is 10.8. The van der Waals surface area contributed by atoms with E-state index in [1.165, 1.54) is 0 Å². The number of rotatable bonds is 0. The lowest BCUT2D eigenvalue weighted by Gasteiger charge is -2.01. The molecule has 0 aromatic carbocycles. The molecule has 1 heterocycles. The van der Waals surface area contributed by atoms with Crippen molar-refractivity contribution in [2.24, 2.45) is 0 Å². The van der Waals surface area contributed by atoms with Gasteiger partial charge >= 0.3 is 11.9 Å². The predicted octanol–water partition coefficient (Wildman–Crippen LogP) is -0.117. The first-order valence-corrected chi connectivity index (χ1v) is 4.18. The summed E-state index contributed by atoms with van der Waals surface area (Å²) in [5.74, 6) is -0.871. The van der Waals surface area contributed by atoms with Gasteiger partial charge in [0.15, 0.2) is 0 Å². The van der Waals surface area contributed by atoms with Crippen LogP contribution in [0, 0.1) is 0 Å². The number of esters is 2. The lowest BCUT2D eigenvalue weighted by atomic mass is 10.3. The second-order valence-electron chi connectivity index (χ2n) is 2.64. The van der Waals surface area contributed by atoms with Crippen LogP contribution in [0.25, 0.3) is 0 Å². The molecule has 5 heteroatoms. The van der Waals surface area contributed by atoms with Crippen LogP contribution in [-0.2, 0) is 23.8 Å². The van der Waals surface area contributed by atoms with Gasteiger partial charge in [-0.3, -0.25) is 0 Å². The SMILES string of the molecule is O=C1COCC(=O)OCCCCO1. The lowest BCUT2D eigenvalue weighted by Crippen LogP contribution is -2.17. The molecule has 0 N–H and O–H groups in total. The standard InChI is InChI=1S/C8H12O5/c9-7-5-11-6-8(10)13-4-2-1-3-12-7/h1-6H2. The molecule has 1 rings (SSSR count). The molecular weight excluding hydrogens is 176 g/mol. The van der Waals surface area contributed by atoms with Crippen LogP contribution in [0.1, 0.15) is 12.8 Å². The summed E-state index contributed by atoms with van der Waals surface area (Å²) in [5, 5.41) is 0. The smallest absolute Gasteiger partial charge is 0.332 e. The van der Waals surface area contributed by atoms with Gasteiger partial charge in [-0.15, -0.1) is 0 Å². The van der Waals surface area contributed by atoms with Gasteiger partial charge in [-0.2, -0.15) is 0 Å². The molecule has 0 bridgehead atoms. The molecule has 0 aliphatic carbocycles. The molecule has 1 aliphatic heterocycles. The van der Waals surface area contributed by atoms with Crippen molar-refractivity contribution >= 4 is 11.9 Å². The summed E-state index contributed by atoms with van der Waals surface area (Å²) in [7, 11) is 0. The van der Waals surface area contributed by atoms with Gasteiger partial charge in [0.2, 0.25) is 0 Å². The molecule has 1 fully saturated rings. The Morgan fingerprint density at radius 1 is 0.846 bits per heavy atom. The number of cyclic esters (lactones) is 2. The normalized spacial score (nSPS) is 21.2. The zero-order chi connectivity index (χ0) is 9.52. The molecule has 0 amide bonds. The van der Waals surface area contributed by atoms with Gasteiger partial charge in [-0.25, -0.2) is 9.59 Å². The van der Waals surface area contributed by atoms with Crippen LogP contribution in [0.4, 0.5) is 0 Å². The molecule has 0 spiro atoms. The van der Waals surface area contributed by atoms with Gasteiger partial charge < -0.3 is 14.2 Å². The quantitative estimate of drug-likeness (QED) is 0.496. The maximum Gasteiger partial charge on any atom is 0.332 e. The van der Waals surface area contributed by atoms with Gasteiger partial charge in [0, 0.05) is 0 Å². The third-order valence-corrected chi connectivity index (χ3v) is 1.50. The van der Waals surface area contributed by atoms with Gasteiger partial charge in [-0.05, 0) is 12.8 Å². The fraction of sp³-hybridized carbons (Fsp3) is 0.750. The third-order valence-electron chi connectivity index (χ3n) is 1.50. The van der Waals surface area contributed by atoms with Crippen LogP contribution in [-0.4, -0.2) is 38.4 Å². The van der Waals surface area contributed by atoms with E-state index in [1.807, 2.05) is 0 Å². The van der Waals surface area contributed by atoms with Crippen molar-refractivity contribution in [2.45, 2.75) is 12.8 Å². The second kappa shape index (κ2) is 5.53. The van der Waals surface area contributed by atoms with E-state index in [1.54, 1.807) is 0 Å². The van der Waals surface area contributed by atoms with E-state index in [0.717, 1.165) is 0 Å². The molecule has 0 saturated carbocycles. The molecule has 0 aromatic rings. The average molecular weight is 188 g/mol. The summed E-state index contributed by atoms with van der Waals surface area (Å²) in [6.45, 7) is 0.351. The highest BCUT2D eigenvalue weighted by atomic mass is 16.6. The summed E-state index contributed by atoms with van der Waals surface area (Å²) < 4.78 is 14.3. The van der Waals surface area contributed by atoms with Crippen LogP contribution in [0.2, 0.25) is 0 Å². The van der Waals surface area contributed by atoms with Crippen molar-refractivity contribution < 1.29 is 23.8 Å². The summed E-state index contributed by atoms with van der Waals surface area (Å²) >= 11 is 0.